The lowest BCUT2D eigenvalue weighted by molar-refractivity contribution is 0.0396. The number of anilines is 1. The molecule has 2 aromatic carbocycles. The zero-order valence-electron chi connectivity index (χ0n) is 21.3. The molecule has 0 unspecified atom stereocenters. The lowest BCUT2D eigenvalue weighted by atomic mass is 9.87. The van der Waals surface area contributed by atoms with Crippen molar-refractivity contribution in [3.8, 4) is 12.3 Å². The van der Waals surface area contributed by atoms with Gasteiger partial charge in [-0.05, 0) is 43.5 Å². The zero-order chi connectivity index (χ0) is 27.0. The lowest BCUT2D eigenvalue weighted by Gasteiger charge is -2.43. The zero-order valence-corrected chi connectivity index (χ0v) is 21.3. The molecular weight excluding hydrogens is 496 g/mol. The van der Waals surface area contributed by atoms with E-state index in [4.69, 9.17) is 6.42 Å². The number of nitrogens with one attached hydrogen (secondary N) is 2. The van der Waals surface area contributed by atoms with Crippen LogP contribution in [0.3, 0.4) is 0 Å². The Morgan fingerprint density at radius 1 is 1.21 bits per heavy atom. The minimum atomic E-state index is -2.37. The van der Waals surface area contributed by atoms with E-state index in [2.05, 4.69) is 15.2 Å². The van der Waals surface area contributed by atoms with E-state index in [9.17, 15) is 9.50 Å². The summed E-state index contributed by atoms with van der Waals surface area (Å²) < 4.78 is 59.3. The Bertz CT molecular complexity index is 1330. The van der Waals surface area contributed by atoms with Gasteiger partial charge in [0.2, 0.25) is 5.67 Å². The van der Waals surface area contributed by atoms with Gasteiger partial charge in [-0.1, -0.05) is 24.1 Å². The third-order valence-electron chi connectivity index (χ3n) is 7.75. The van der Waals surface area contributed by atoms with Crippen molar-refractivity contribution in [1.82, 2.24) is 14.8 Å². The Hall–Kier alpha value is -3.06. The van der Waals surface area contributed by atoms with Crippen LogP contribution in [0, 0.1) is 24.0 Å². The van der Waals surface area contributed by atoms with E-state index >= 15 is 13.2 Å². The smallest absolute Gasteiger partial charge is 0.205 e. The topological polar surface area (TPSA) is 54.5 Å². The Kier molecular flexibility index (Phi) is 7.40. The molecule has 0 amide bonds. The fourth-order valence-electron chi connectivity index (χ4n) is 5.79. The molecule has 5 rings (SSSR count). The van der Waals surface area contributed by atoms with Gasteiger partial charge < -0.3 is 15.4 Å². The highest BCUT2D eigenvalue weighted by molar-refractivity contribution is 5.85. The number of terminal acetylenes is 1. The normalized spacial score (nSPS) is 22.0. The van der Waals surface area contributed by atoms with E-state index < -0.39 is 36.5 Å². The molecule has 0 saturated carbocycles. The monoisotopic (exact) mass is 528 g/mol. The van der Waals surface area contributed by atoms with Crippen LogP contribution in [0.15, 0.2) is 36.4 Å². The van der Waals surface area contributed by atoms with E-state index in [1.54, 1.807) is 4.90 Å². The minimum absolute atomic E-state index is 0.0121. The number of aromatic nitrogens is 1. The largest absolute Gasteiger partial charge is 0.392 e. The average molecular weight is 529 g/mol. The van der Waals surface area contributed by atoms with Gasteiger partial charge in [-0.2, -0.15) is 0 Å². The Balaban J connectivity index is 1.51. The molecular formula is C29H32F4N4O. The van der Waals surface area contributed by atoms with Gasteiger partial charge in [-0.3, -0.25) is 14.2 Å². The van der Waals surface area contributed by atoms with Crippen LogP contribution < -0.4 is 5.32 Å². The Labute approximate surface area is 219 Å². The molecule has 1 fully saturated rings. The number of halogens is 4. The van der Waals surface area contributed by atoms with Crippen LogP contribution in [0.2, 0.25) is 0 Å². The molecule has 5 nitrogen and oxygen atoms in total. The molecule has 0 aliphatic carbocycles. The summed E-state index contributed by atoms with van der Waals surface area (Å²) in [6.07, 6.45) is 6.39. The standard InChI is InChI=1S/C29H32F4N4O/c1-3-29(33,17-38)16-37-18(2)11-22-21-7-4-5-8-25(21)35-27(22)28(37)26-23(31)12-19(13-24(26)32)34-20-14-36(15-20)10-6-9-30/h1,4-5,7-8,12-13,18,20,28,34-35,38H,6,9-11,14-17H2,2H3/t18-,28-,29+/m1/s1. The lowest BCUT2D eigenvalue weighted by Crippen LogP contribution is -2.54. The summed E-state index contributed by atoms with van der Waals surface area (Å²) in [6.45, 7) is 2.19. The van der Waals surface area contributed by atoms with Gasteiger partial charge in [0.15, 0.2) is 0 Å². The number of fused-ring (bicyclic) bond motifs is 3. The van der Waals surface area contributed by atoms with Crippen LogP contribution in [0.25, 0.3) is 10.9 Å². The number of nitrogens with zero attached hydrogens (tertiary/aromatic N) is 2. The summed E-state index contributed by atoms with van der Waals surface area (Å²) in [5.74, 6) is 0.496. The molecule has 1 saturated heterocycles. The van der Waals surface area contributed by atoms with Crippen LogP contribution in [0.5, 0.6) is 0 Å². The van der Waals surface area contributed by atoms with Gasteiger partial charge in [0.05, 0.1) is 25.4 Å². The number of alkyl halides is 2. The second kappa shape index (κ2) is 10.6. The summed E-state index contributed by atoms with van der Waals surface area (Å²) in [5, 5.41) is 13.8. The molecule has 3 N–H and O–H groups in total. The van der Waals surface area contributed by atoms with E-state index in [1.165, 1.54) is 12.1 Å². The second-order valence-electron chi connectivity index (χ2n) is 10.5. The van der Waals surface area contributed by atoms with E-state index in [0.29, 0.717) is 43.9 Å². The molecule has 2 aliphatic heterocycles. The maximum Gasteiger partial charge on any atom is 0.205 e. The molecule has 2 aliphatic rings. The molecule has 0 spiro atoms. The number of H-pyrrole nitrogens is 1. The summed E-state index contributed by atoms with van der Waals surface area (Å²) in [6, 6.07) is 8.86. The third kappa shape index (κ3) is 4.89. The van der Waals surface area contributed by atoms with Crippen molar-refractivity contribution in [2.45, 2.75) is 43.6 Å². The molecule has 0 bridgehead atoms. The molecule has 3 heterocycles. The van der Waals surface area contributed by atoms with Crippen LogP contribution in [0.4, 0.5) is 23.2 Å². The Morgan fingerprint density at radius 3 is 2.58 bits per heavy atom. The third-order valence-corrected chi connectivity index (χ3v) is 7.75. The SMILES string of the molecule is C#C[C@@](F)(CO)CN1[C@H](c2c(F)cc(NC3CN(CCCF)C3)cc2F)c2[nH]c3ccccc3c2C[C@H]1C. The highest BCUT2D eigenvalue weighted by Gasteiger charge is 2.43. The van der Waals surface area contributed by atoms with Gasteiger partial charge in [-0.15, -0.1) is 6.42 Å². The number of aromatic amines is 1. The van der Waals surface area contributed by atoms with Gasteiger partial charge >= 0.3 is 0 Å². The molecule has 0 radical (unpaired) electrons. The van der Waals surface area contributed by atoms with Gasteiger partial charge in [-0.25, -0.2) is 13.2 Å². The van der Waals surface area contributed by atoms with Crippen LogP contribution in [-0.2, 0) is 6.42 Å². The maximum absolute atomic E-state index is 15.8. The molecule has 3 aromatic rings. The van der Waals surface area contributed by atoms with Crippen molar-refractivity contribution >= 4 is 16.6 Å². The number of hydrogen-bond acceptors (Lipinski definition) is 4. The van der Waals surface area contributed by atoms with Crippen molar-refractivity contribution in [3.05, 3.63) is 64.9 Å². The first-order valence-corrected chi connectivity index (χ1v) is 12.9. The van der Waals surface area contributed by atoms with Gasteiger partial charge in [0.25, 0.3) is 0 Å². The molecule has 3 atom stereocenters. The van der Waals surface area contributed by atoms with Gasteiger partial charge in [0, 0.05) is 60.1 Å². The van der Waals surface area contributed by atoms with E-state index in [1.807, 2.05) is 37.1 Å². The van der Waals surface area contributed by atoms with Gasteiger partial charge in [0.1, 0.15) is 11.6 Å². The minimum Gasteiger partial charge on any atom is -0.392 e. The number of likely N-dealkylation sites (tertiary alicyclic amines) is 1. The van der Waals surface area contributed by atoms with Crippen molar-refractivity contribution in [2.24, 2.45) is 0 Å². The first kappa shape index (κ1) is 26.5. The van der Waals surface area contributed by atoms with Crippen molar-refractivity contribution < 1.29 is 22.7 Å². The fourth-order valence-corrected chi connectivity index (χ4v) is 5.79. The fraction of sp³-hybridized carbons (Fsp3) is 0.448. The van der Waals surface area contributed by atoms with Crippen LogP contribution in [-0.4, -0.2) is 77.1 Å². The number of aliphatic hydroxyl groups excluding tert-OH is 1. The highest BCUT2D eigenvalue weighted by atomic mass is 19.1. The first-order chi connectivity index (χ1) is 18.3. The predicted octanol–water partition coefficient (Wildman–Crippen LogP) is 4.57. The molecule has 1 aromatic heterocycles. The number of hydrogen-bond donors (Lipinski definition) is 3. The highest BCUT2D eigenvalue weighted by Crippen LogP contribution is 2.43. The van der Waals surface area contributed by atoms with E-state index in [0.717, 1.165) is 16.5 Å². The quantitative estimate of drug-likeness (QED) is 0.281. The molecule has 38 heavy (non-hydrogen) atoms. The predicted molar refractivity (Wildman–Crippen MR) is 141 cm³/mol. The first-order valence-electron chi connectivity index (χ1n) is 12.9. The number of benzene rings is 2. The van der Waals surface area contributed by atoms with Crippen LogP contribution in [0.1, 0.15) is 36.2 Å². The van der Waals surface area contributed by atoms with Crippen molar-refractivity contribution in [2.75, 3.05) is 44.8 Å². The molecule has 202 valence electrons. The number of para-hydroxylation sites is 1. The van der Waals surface area contributed by atoms with Crippen molar-refractivity contribution in [3.63, 3.8) is 0 Å². The van der Waals surface area contributed by atoms with Crippen LogP contribution >= 0.6 is 0 Å². The summed E-state index contributed by atoms with van der Waals surface area (Å²) in [4.78, 5) is 7.03. The summed E-state index contributed by atoms with van der Waals surface area (Å²) in [7, 11) is 0. The Morgan fingerprint density at radius 2 is 1.92 bits per heavy atom. The maximum atomic E-state index is 15.8. The van der Waals surface area contributed by atoms with Crippen molar-refractivity contribution in [1.29, 1.82) is 0 Å². The number of aliphatic hydroxyl groups is 1. The molecule has 9 heteroatoms. The summed E-state index contributed by atoms with van der Waals surface area (Å²) >= 11 is 0. The number of rotatable bonds is 9. The average Bonchev–Trinajstić information content (AvgIpc) is 3.24. The van der Waals surface area contributed by atoms with E-state index in [-0.39, 0.29) is 24.3 Å². The second-order valence-corrected chi connectivity index (χ2v) is 10.5. The summed E-state index contributed by atoms with van der Waals surface area (Å²) in [5.41, 5.74) is 0.0665.